The molecule has 16 aromatic rings. The van der Waals surface area contributed by atoms with Gasteiger partial charge in [0.2, 0.25) is 5.78 Å². The lowest BCUT2D eigenvalue weighted by Crippen LogP contribution is -3.12. The van der Waals surface area contributed by atoms with E-state index in [1.54, 1.807) is 101 Å². The number of nitrogens with one attached hydrogen (secondary N) is 4. The highest BCUT2D eigenvalue weighted by molar-refractivity contribution is 7.90. The normalized spacial score (nSPS) is 16.2. The van der Waals surface area contributed by atoms with Gasteiger partial charge in [0.25, 0.3) is 17.7 Å². The number of aliphatic hydroxyl groups is 1. The predicted octanol–water partition coefficient (Wildman–Crippen LogP) is 18.8. The van der Waals surface area contributed by atoms with E-state index in [2.05, 4.69) is 69.3 Å². The molecule has 3 unspecified atom stereocenters. The topological polar surface area (TPSA) is 334 Å². The van der Waals surface area contributed by atoms with Crippen LogP contribution in [0.2, 0.25) is 0 Å². The van der Waals surface area contributed by atoms with Crippen molar-refractivity contribution >= 4 is 56.1 Å². The highest BCUT2D eigenvalue weighted by atomic mass is 32.2. The molecule has 0 radical (unpaired) electrons. The fraction of sp³-hybridized carbons (Fsp3) is 0.235. The first-order valence-corrected chi connectivity index (χ1v) is 46.6. The van der Waals surface area contributed by atoms with Crippen LogP contribution in [0.25, 0.3) is 90.8 Å². The Balaban J connectivity index is 0.000000129. The first-order chi connectivity index (χ1) is 67.6. The molecule has 720 valence electrons. The number of hydrogen-bond acceptors (Lipinski definition) is 20. The van der Waals surface area contributed by atoms with Gasteiger partial charge >= 0.3 is 0 Å². The number of nitrogens with zero attached hydrogens (tertiary/aromatic N) is 11. The quantitative estimate of drug-likeness (QED) is 0.0277. The number of halogens is 9. The number of rotatable bonds is 24. The third-order valence-corrected chi connectivity index (χ3v) is 25.6. The van der Waals surface area contributed by atoms with Gasteiger partial charge in [-0.2, -0.15) is 0 Å². The largest absolute Gasteiger partial charge is 0.451 e. The van der Waals surface area contributed by atoms with E-state index in [1.807, 2.05) is 17.0 Å². The molecule has 3 saturated heterocycles. The lowest BCUT2D eigenvalue weighted by molar-refractivity contribution is -0.880. The molecule has 13 heterocycles. The number of Topliss-reactive ketones (excluding diaryl/α,β-unsaturated/α-hetero) is 1. The fourth-order valence-electron chi connectivity index (χ4n) is 16.8. The number of amides is 3. The van der Waals surface area contributed by atoms with Crippen molar-refractivity contribution in [3.8, 4) is 90.8 Å². The van der Waals surface area contributed by atoms with E-state index in [1.165, 1.54) is 127 Å². The van der Waals surface area contributed by atoms with Gasteiger partial charge in [-0.25, -0.2) is 67.9 Å². The van der Waals surface area contributed by atoms with E-state index in [9.17, 15) is 67.8 Å². The van der Waals surface area contributed by atoms with Crippen molar-refractivity contribution in [2.24, 2.45) is 5.92 Å². The number of aromatic nitrogens is 10. The zero-order valence-corrected chi connectivity index (χ0v) is 76.3. The van der Waals surface area contributed by atoms with Gasteiger partial charge in [0.05, 0.1) is 167 Å². The van der Waals surface area contributed by atoms with Crippen LogP contribution >= 0.6 is 0 Å². The molecule has 3 aliphatic heterocycles. The molecule has 0 spiro atoms. The molecule has 38 heteroatoms. The number of benzene rings is 6. The number of ether oxygens (including phenoxy) is 2. The lowest BCUT2D eigenvalue weighted by Gasteiger charge is -2.31. The van der Waals surface area contributed by atoms with E-state index < -0.39 is 68.9 Å². The Labute approximate surface area is 795 Å². The maximum atomic E-state index is 15.0. The van der Waals surface area contributed by atoms with E-state index in [0.717, 1.165) is 99.6 Å². The number of furan rings is 4. The highest BCUT2D eigenvalue weighted by Crippen LogP contribution is 2.44. The number of anilines is 4. The van der Waals surface area contributed by atoms with Crippen LogP contribution in [0.4, 0.5) is 62.3 Å². The number of carbonyl (C=O) groups excluding carboxylic acids is 4. The van der Waals surface area contributed by atoms with Crippen molar-refractivity contribution in [3.05, 3.63) is 319 Å². The molecule has 4 aliphatic rings. The minimum Gasteiger partial charge on any atom is -0.451 e. The van der Waals surface area contributed by atoms with E-state index in [-0.39, 0.29) is 124 Å². The number of imidazole rings is 4. The van der Waals surface area contributed by atoms with Gasteiger partial charge in [0, 0.05) is 65.0 Å². The Morgan fingerprint density at radius 2 is 0.886 bits per heavy atom. The second-order valence-electron chi connectivity index (χ2n) is 34.1. The van der Waals surface area contributed by atoms with E-state index in [4.69, 9.17) is 27.1 Å². The standard InChI is InChI=1S/C31H32F2N4O2.C24H20F2N4O3.C24H21F2N3O5S.C23H17F3N4O3/c1-35-14-16-36(17-15-35)25-11-8-22(26(33)19-25)18-27(38)28-12-13-29(39-28)31-30(21-6-9-23(32)10-7-21)34-20-37(31)24-4-2-3-5-24;1-14-11-32-12-19(14)30-13-28-22(15-2-4-16(25)5-3-15)23(30)20-6-7-21(33-20)24(31)29-18-8-9-27-10-17(18)26;1-14(12-30)29-13-27-22(15-3-5-16(25)6-4-15)23(29)20-9-10-21(34-20)24(31)28-19-8-7-17(11-18(19)26)35(2,32)33;24-14-3-1-13(2-4-14)21-22(30(12-28-21)18-11-32-10-16(18)26)19-5-6-20(33-19)23(31)29-17-7-8-27-9-15(17)25/h6-13,19-20,24H,2-5,14-18H2,1H3;2-10,13-14,19H,11-12H2,1H3,(H,27,29,31);3-11,13-14,30H,12H2,1-2H3,(H,28,31);1-9,12,16,18H,10-11H2,(H,27,29,31)/p+1/t;;;16-,18-/m...1/s1. The molecule has 6 aromatic carbocycles. The van der Waals surface area contributed by atoms with Gasteiger partial charge in [-0.15, -0.1) is 0 Å². The number of ketones is 1. The van der Waals surface area contributed by atoms with Gasteiger partial charge in [0.15, 0.2) is 67.6 Å². The van der Waals surface area contributed by atoms with Crippen LogP contribution < -0.4 is 25.8 Å². The number of carbonyl (C=O) groups is 4. The molecule has 5 N–H and O–H groups in total. The third kappa shape index (κ3) is 21.6. The SMILES string of the molecule is CC(CO)n1cnc(-c2ccc(F)cc2)c1-c1ccc(C(=O)Nc2ccc(S(C)(=O)=O)cc2F)o1.CC1COCC1n1cnc(-c2ccc(F)cc2)c1-c1ccc(C(=O)Nc2ccncc2F)o1.C[NH+]1CCN(c2ccc(CC(=O)c3ccc(-c4c(-c5ccc(F)cc5)ncn4C4CCCC4)o3)c(F)c2)CC1.O=C(Nc1ccncc1F)c1ccc(-c2c(-c3ccc(F)cc3)ncn2[C@@H]2COC[C@H]2F)o1. The number of sulfone groups is 1. The molecule has 1 aliphatic carbocycles. The Kier molecular flexibility index (Phi) is 29.1. The predicted molar refractivity (Wildman–Crippen MR) is 499 cm³/mol. The van der Waals surface area contributed by atoms with Crippen LogP contribution in [0.5, 0.6) is 0 Å². The molecule has 20 rings (SSSR count). The molecule has 10 aromatic heterocycles. The van der Waals surface area contributed by atoms with Crippen LogP contribution in [-0.2, 0) is 25.7 Å². The Morgan fingerprint density at radius 1 is 0.471 bits per heavy atom. The summed E-state index contributed by atoms with van der Waals surface area (Å²) in [4.78, 5) is 79.9. The van der Waals surface area contributed by atoms with Crippen molar-refractivity contribution in [2.45, 2.75) is 81.2 Å². The zero-order chi connectivity index (χ0) is 98.2. The summed E-state index contributed by atoms with van der Waals surface area (Å²) in [5.41, 5.74) is 8.05. The van der Waals surface area contributed by atoms with Gasteiger partial charge in [-0.3, -0.25) is 29.1 Å². The van der Waals surface area contributed by atoms with Crippen LogP contribution in [-0.4, -0.2) is 164 Å². The summed E-state index contributed by atoms with van der Waals surface area (Å²) >= 11 is 0. The number of likely N-dealkylation sites (N-methyl/N-ethyl adjacent to an activating group) is 1. The van der Waals surface area contributed by atoms with Crippen LogP contribution in [0.15, 0.2) is 267 Å². The van der Waals surface area contributed by atoms with Crippen molar-refractivity contribution < 1.29 is 104 Å². The molecule has 140 heavy (non-hydrogen) atoms. The Bertz CT molecular complexity index is 7070. The number of alkyl halides is 1. The van der Waals surface area contributed by atoms with E-state index >= 15 is 4.39 Å². The number of pyridine rings is 2. The maximum Gasteiger partial charge on any atom is 0.291 e. The fourth-order valence-corrected chi connectivity index (χ4v) is 17.5. The third-order valence-electron chi connectivity index (χ3n) is 24.5. The molecule has 1 saturated carbocycles. The van der Waals surface area contributed by atoms with Crippen molar-refractivity contribution in [1.29, 1.82) is 0 Å². The zero-order valence-electron chi connectivity index (χ0n) is 75.5. The second-order valence-corrected chi connectivity index (χ2v) is 36.1. The van der Waals surface area contributed by atoms with Gasteiger partial charge in [-0.1, -0.05) is 25.8 Å². The van der Waals surface area contributed by atoms with Crippen molar-refractivity contribution in [1.82, 2.24) is 48.2 Å². The summed E-state index contributed by atoms with van der Waals surface area (Å²) in [6.07, 6.45) is 15.2. The summed E-state index contributed by atoms with van der Waals surface area (Å²) in [5.74, 6) is -4.80. The monoisotopic (exact) mass is 1940 g/mol. The molecule has 5 atom stereocenters. The molecular weight excluding hydrogens is 1850 g/mol. The van der Waals surface area contributed by atoms with Crippen molar-refractivity contribution in [3.63, 3.8) is 0 Å². The first-order valence-electron chi connectivity index (χ1n) is 44.7. The Hall–Kier alpha value is -15.4. The Morgan fingerprint density at radius 3 is 1.31 bits per heavy atom. The smallest absolute Gasteiger partial charge is 0.291 e. The maximum absolute atomic E-state index is 15.0. The molecule has 0 bridgehead atoms. The molecular formula is C102H91F9N15O13S+. The van der Waals surface area contributed by atoms with Crippen LogP contribution in [0.1, 0.15) is 111 Å². The summed E-state index contributed by atoms with van der Waals surface area (Å²) in [7, 11) is -1.44. The number of piperazine rings is 1. The second kappa shape index (κ2) is 42.3. The van der Waals surface area contributed by atoms with Gasteiger partial charge in [-0.05, 0) is 213 Å². The summed E-state index contributed by atoms with van der Waals surface area (Å²) in [6.45, 7) is 8.70. The lowest BCUT2D eigenvalue weighted by atomic mass is 10.0. The van der Waals surface area contributed by atoms with Gasteiger partial charge < -0.3 is 76.3 Å². The summed E-state index contributed by atoms with van der Waals surface area (Å²) < 4.78 is 190. The van der Waals surface area contributed by atoms with Crippen LogP contribution in [0, 0.1) is 52.5 Å². The van der Waals surface area contributed by atoms with Crippen LogP contribution in [0.3, 0.4) is 0 Å². The molecule has 3 amide bonds. The first kappa shape index (κ1) is 96.3. The van der Waals surface area contributed by atoms with Gasteiger partial charge in [0.1, 0.15) is 63.9 Å². The minimum absolute atomic E-state index is 0.00178. The number of aliphatic hydroxyl groups excluding tert-OH is 1. The summed E-state index contributed by atoms with van der Waals surface area (Å²) in [6, 6.07) is 46.4. The average molecular weight is 1940 g/mol. The highest BCUT2D eigenvalue weighted by Gasteiger charge is 2.37. The van der Waals surface area contributed by atoms with Crippen molar-refractivity contribution in [2.75, 3.05) is 93.4 Å². The number of hydrogen-bond donors (Lipinski definition) is 5. The number of quaternary nitrogens is 1. The molecule has 28 nitrogen and oxygen atoms in total. The molecule has 4 fully saturated rings. The van der Waals surface area contributed by atoms with E-state index in [0.29, 0.717) is 92.9 Å². The minimum atomic E-state index is -3.61. The summed E-state index contributed by atoms with van der Waals surface area (Å²) in [5, 5.41) is 16.9. The average Bonchev–Trinajstić information content (AvgIpc) is 1.62.